The summed E-state index contributed by atoms with van der Waals surface area (Å²) in [7, 11) is 1.74. The predicted molar refractivity (Wildman–Crippen MR) is 109 cm³/mol. The van der Waals surface area contributed by atoms with Crippen molar-refractivity contribution in [1.29, 1.82) is 0 Å². The van der Waals surface area contributed by atoms with Gasteiger partial charge in [-0.2, -0.15) is 0 Å². The van der Waals surface area contributed by atoms with E-state index in [1.165, 1.54) is 0 Å². The third-order valence-corrected chi connectivity index (χ3v) is 5.89. The highest BCUT2D eigenvalue weighted by Gasteiger charge is 2.33. The van der Waals surface area contributed by atoms with E-state index in [2.05, 4.69) is 10.3 Å². The summed E-state index contributed by atoms with van der Waals surface area (Å²) in [6, 6.07) is 9.61. The van der Waals surface area contributed by atoms with Gasteiger partial charge in [-0.25, -0.2) is 4.98 Å². The average Bonchev–Trinajstić information content (AvgIpc) is 2.89. The zero-order chi connectivity index (χ0) is 19.7. The first-order chi connectivity index (χ1) is 13.6. The van der Waals surface area contributed by atoms with E-state index in [1.807, 2.05) is 35.2 Å². The number of ether oxygens (including phenoxy) is 1. The minimum Gasteiger partial charge on any atom is -0.389 e. The van der Waals surface area contributed by atoms with E-state index in [-0.39, 0.29) is 17.9 Å². The van der Waals surface area contributed by atoms with Crippen molar-refractivity contribution in [2.45, 2.75) is 51.4 Å². The summed E-state index contributed by atoms with van der Waals surface area (Å²) in [6.07, 6.45) is 4.92. The molecule has 1 aliphatic carbocycles. The Hall–Kier alpha value is -2.44. The molecule has 0 saturated heterocycles. The van der Waals surface area contributed by atoms with Crippen LogP contribution in [0, 0.1) is 5.92 Å². The molecule has 28 heavy (non-hydrogen) atoms. The lowest BCUT2D eigenvalue weighted by molar-refractivity contribution is -0.124. The normalized spacial score (nSPS) is 22.5. The molecule has 2 aliphatic rings. The number of hydrogen-bond acceptors (Lipinski definition) is 5. The van der Waals surface area contributed by atoms with Crippen molar-refractivity contribution in [2.24, 2.45) is 5.92 Å². The molecular weight excluding hydrogens is 354 g/mol. The van der Waals surface area contributed by atoms with Gasteiger partial charge in [0.05, 0.1) is 30.1 Å². The molecular formula is C22H27N3O3. The molecule has 2 heterocycles. The Labute approximate surface area is 165 Å². The van der Waals surface area contributed by atoms with Gasteiger partial charge in [-0.15, -0.1) is 0 Å². The molecule has 1 atom stereocenters. The van der Waals surface area contributed by atoms with Gasteiger partial charge in [0.1, 0.15) is 5.82 Å². The lowest BCUT2D eigenvalue weighted by Crippen LogP contribution is -2.38. The molecule has 0 spiro atoms. The highest BCUT2D eigenvalue weighted by atomic mass is 16.5. The summed E-state index contributed by atoms with van der Waals surface area (Å²) >= 11 is 0. The van der Waals surface area contributed by atoms with Crippen LogP contribution in [0.5, 0.6) is 0 Å². The van der Waals surface area contributed by atoms with Gasteiger partial charge >= 0.3 is 0 Å². The molecule has 1 amide bonds. The highest BCUT2D eigenvalue weighted by Crippen LogP contribution is 2.39. The minimum atomic E-state index is -0.594. The van der Waals surface area contributed by atoms with Crippen molar-refractivity contribution in [3.63, 3.8) is 0 Å². The Morgan fingerprint density at radius 2 is 2.07 bits per heavy atom. The number of carbonyl (C=O) groups excluding carboxylic acids is 1. The largest absolute Gasteiger partial charge is 0.389 e. The predicted octanol–water partition coefficient (Wildman–Crippen LogP) is 3.93. The van der Waals surface area contributed by atoms with Crippen LogP contribution in [0.25, 0.3) is 0 Å². The van der Waals surface area contributed by atoms with E-state index >= 15 is 0 Å². The third kappa shape index (κ3) is 3.62. The quantitative estimate of drug-likeness (QED) is 0.843. The zero-order valence-electron chi connectivity index (χ0n) is 16.4. The number of benzene rings is 1. The van der Waals surface area contributed by atoms with Crippen LogP contribution in [0.1, 0.15) is 49.8 Å². The average molecular weight is 381 g/mol. The number of aliphatic hydroxyl groups is 1. The van der Waals surface area contributed by atoms with Gasteiger partial charge in [0.25, 0.3) is 0 Å². The van der Waals surface area contributed by atoms with E-state index in [0.29, 0.717) is 6.54 Å². The maximum absolute atomic E-state index is 13.5. The number of fused-ring (bicyclic) bond motifs is 2. The van der Waals surface area contributed by atoms with Gasteiger partial charge in [-0.3, -0.25) is 4.79 Å². The Bertz CT molecular complexity index is 860. The molecule has 148 valence electrons. The molecule has 1 fully saturated rings. The number of nitrogens with one attached hydrogen (secondary N) is 1. The van der Waals surface area contributed by atoms with Crippen molar-refractivity contribution < 1.29 is 14.6 Å². The number of pyridine rings is 1. The van der Waals surface area contributed by atoms with E-state index in [9.17, 15) is 9.90 Å². The number of carbonyl (C=O) groups is 1. The van der Waals surface area contributed by atoms with Crippen LogP contribution in [-0.2, 0) is 16.1 Å². The van der Waals surface area contributed by atoms with Crippen molar-refractivity contribution in [1.82, 2.24) is 4.98 Å². The van der Waals surface area contributed by atoms with Gasteiger partial charge in [0, 0.05) is 24.8 Å². The number of methoxy groups -OCH3 is 1. The standard InChI is InChI=1S/C22H27N3O3/c1-14(26)16-7-10-19-20(12-16)25(13-17-4-3-11-23-21(17)24-19)22(27)15-5-8-18(28-2)9-6-15/h3-4,7,10-12,14-15,18,26H,5-6,8-9,13H2,1-2H3,(H,23,24). The van der Waals surface area contributed by atoms with Crippen molar-refractivity contribution in [2.75, 3.05) is 17.3 Å². The molecule has 0 bridgehead atoms. The first-order valence-corrected chi connectivity index (χ1v) is 9.94. The highest BCUT2D eigenvalue weighted by molar-refractivity contribution is 5.99. The first-order valence-electron chi connectivity index (χ1n) is 9.94. The monoisotopic (exact) mass is 381 g/mol. The molecule has 1 aromatic heterocycles. The maximum atomic E-state index is 13.5. The lowest BCUT2D eigenvalue weighted by atomic mass is 9.86. The molecule has 0 radical (unpaired) electrons. The van der Waals surface area contributed by atoms with Crippen LogP contribution in [0.15, 0.2) is 36.5 Å². The molecule has 1 aliphatic heterocycles. The number of amides is 1. The molecule has 2 N–H and O–H groups in total. The number of rotatable bonds is 3. The number of hydrogen-bond donors (Lipinski definition) is 2. The van der Waals surface area contributed by atoms with Gasteiger partial charge < -0.3 is 20.1 Å². The summed E-state index contributed by atoms with van der Waals surface area (Å²) in [5, 5.41) is 13.4. The number of anilines is 3. The second-order valence-electron chi connectivity index (χ2n) is 7.72. The van der Waals surface area contributed by atoms with Gasteiger partial charge in [0.15, 0.2) is 0 Å². The maximum Gasteiger partial charge on any atom is 0.230 e. The Morgan fingerprint density at radius 3 is 2.79 bits per heavy atom. The van der Waals surface area contributed by atoms with Gasteiger partial charge in [0.2, 0.25) is 5.91 Å². The van der Waals surface area contributed by atoms with Crippen LogP contribution in [0.4, 0.5) is 17.2 Å². The van der Waals surface area contributed by atoms with Gasteiger partial charge in [-0.1, -0.05) is 12.1 Å². The Kier molecular flexibility index (Phi) is 5.33. The van der Waals surface area contributed by atoms with E-state index in [0.717, 1.165) is 54.0 Å². The molecule has 6 nitrogen and oxygen atoms in total. The first kappa shape index (κ1) is 18.9. The van der Waals surface area contributed by atoms with Crippen LogP contribution >= 0.6 is 0 Å². The SMILES string of the molecule is COC1CCC(C(=O)N2Cc3cccnc3Nc3ccc(C(C)O)cc32)CC1. The minimum absolute atomic E-state index is 0.00678. The lowest BCUT2D eigenvalue weighted by Gasteiger charge is -2.32. The molecule has 1 unspecified atom stereocenters. The number of aliphatic hydroxyl groups excluding tert-OH is 1. The van der Waals surface area contributed by atoms with Crippen LogP contribution in [0.2, 0.25) is 0 Å². The third-order valence-electron chi connectivity index (χ3n) is 5.89. The summed E-state index contributed by atoms with van der Waals surface area (Å²) in [5.74, 6) is 0.900. The fraction of sp³-hybridized carbons (Fsp3) is 0.455. The summed E-state index contributed by atoms with van der Waals surface area (Å²) < 4.78 is 5.46. The molecule has 1 saturated carbocycles. The molecule has 2 aromatic rings. The van der Waals surface area contributed by atoms with E-state index < -0.39 is 6.10 Å². The van der Waals surface area contributed by atoms with Crippen molar-refractivity contribution >= 4 is 23.1 Å². The summed E-state index contributed by atoms with van der Waals surface area (Å²) in [6.45, 7) is 2.20. The summed E-state index contributed by atoms with van der Waals surface area (Å²) in [4.78, 5) is 19.8. The second-order valence-corrected chi connectivity index (χ2v) is 7.72. The van der Waals surface area contributed by atoms with E-state index in [1.54, 1.807) is 20.2 Å². The van der Waals surface area contributed by atoms with Crippen molar-refractivity contribution in [3.8, 4) is 0 Å². The number of aromatic nitrogens is 1. The fourth-order valence-electron chi connectivity index (χ4n) is 4.16. The van der Waals surface area contributed by atoms with E-state index in [4.69, 9.17) is 4.74 Å². The molecule has 4 rings (SSSR count). The Morgan fingerprint density at radius 1 is 1.29 bits per heavy atom. The van der Waals surface area contributed by atoms with Crippen LogP contribution in [0.3, 0.4) is 0 Å². The van der Waals surface area contributed by atoms with Crippen molar-refractivity contribution in [3.05, 3.63) is 47.7 Å². The number of nitrogens with zero attached hydrogens (tertiary/aromatic N) is 2. The van der Waals surface area contributed by atoms with Crippen LogP contribution < -0.4 is 10.2 Å². The van der Waals surface area contributed by atoms with Crippen LogP contribution in [-0.4, -0.2) is 29.2 Å². The Balaban J connectivity index is 1.70. The smallest absolute Gasteiger partial charge is 0.230 e. The summed E-state index contributed by atoms with van der Waals surface area (Å²) in [5.41, 5.74) is 3.41. The molecule has 6 heteroatoms. The molecule has 1 aromatic carbocycles. The zero-order valence-corrected chi connectivity index (χ0v) is 16.4. The fourth-order valence-corrected chi connectivity index (χ4v) is 4.16. The second kappa shape index (κ2) is 7.89. The van der Waals surface area contributed by atoms with Gasteiger partial charge in [-0.05, 0) is 56.4 Å². The topological polar surface area (TPSA) is 74.7 Å².